The number of aromatic nitrogens is 4. The smallest absolute Gasteiger partial charge is 0.268 e. The van der Waals surface area contributed by atoms with Crippen LogP contribution in [0.1, 0.15) is 0 Å². The van der Waals surface area contributed by atoms with E-state index in [1.165, 1.54) is 10.9 Å². The zero-order valence-corrected chi connectivity index (χ0v) is 13.1. The third-order valence-electron chi connectivity index (χ3n) is 4.53. The number of hydrogen-bond acceptors (Lipinski definition) is 3. The number of para-hydroxylation sites is 1. The van der Waals surface area contributed by atoms with Crippen LogP contribution in [-0.2, 0) is 0 Å². The molecule has 118 valence electrons. The van der Waals surface area contributed by atoms with Crippen molar-refractivity contribution in [3.8, 4) is 11.1 Å². The van der Waals surface area contributed by atoms with Crippen LogP contribution in [-0.4, -0.2) is 50.7 Å². The summed E-state index contributed by atoms with van der Waals surface area (Å²) in [6.07, 6.45) is 4.07. The molecule has 0 aliphatic carbocycles. The molecule has 0 amide bonds. The highest BCUT2D eigenvalue weighted by atomic mass is 15.4. The molecule has 1 fully saturated rings. The van der Waals surface area contributed by atoms with Crippen LogP contribution in [0.25, 0.3) is 33.1 Å². The van der Waals surface area contributed by atoms with Gasteiger partial charge in [0.25, 0.3) is 6.34 Å². The van der Waals surface area contributed by atoms with Crippen molar-refractivity contribution in [3.63, 3.8) is 0 Å². The lowest BCUT2D eigenvalue weighted by Gasteiger charge is -1.99. The van der Waals surface area contributed by atoms with Gasteiger partial charge in [-0.1, -0.05) is 22.9 Å². The van der Waals surface area contributed by atoms with E-state index in [2.05, 4.69) is 67.8 Å². The first-order chi connectivity index (χ1) is 11.9. The second kappa shape index (κ2) is 5.28. The van der Waals surface area contributed by atoms with Crippen molar-refractivity contribution in [1.29, 1.82) is 0 Å². The molecule has 0 saturated carbocycles. The Hall–Kier alpha value is -2.99. The maximum absolute atomic E-state index is 4.34. The van der Waals surface area contributed by atoms with Crippen molar-refractivity contribution in [2.24, 2.45) is 0 Å². The summed E-state index contributed by atoms with van der Waals surface area (Å²) in [4.78, 5) is 3.33. The third kappa shape index (κ3) is 2.11. The summed E-state index contributed by atoms with van der Waals surface area (Å²) >= 11 is 0. The monoisotopic (exact) mass is 317 g/mol. The number of H-pyrrole nitrogens is 1. The van der Waals surface area contributed by atoms with Gasteiger partial charge in [-0.25, -0.2) is 0 Å². The van der Waals surface area contributed by atoms with Gasteiger partial charge < -0.3 is 4.98 Å². The molecule has 0 bridgehead atoms. The zero-order chi connectivity index (χ0) is 15.9. The highest BCUT2D eigenvalue weighted by molar-refractivity contribution is 5.97. The Morgan fingerprint density at radius 2 is 2.12 bits per heavy atom. The Balaban J connectivity index is 1.61. The van der Waals surface area contributed by atoms with Crippen molar-refractivity contribution < 1.29 is 4.58 Å². The lowest BCUT2D eigenvalue weighted by atomic mass is 10.0. The molecule has 0 atom stereocenters. The van der Waals surface area contributed by atoms with E-state index in [1.54, 1.807) is 0 Å². The highest BCUT2D eigenvalue weighted by Gasteiger charge is 2.15. The van der Waals surface area contributed by atoms with E-state index in [4.69, 9.17) is 0 Å². The van der Waals surface area contributed by atoms with Crippen LogP contribution in [0.3, 0.4) is 0 Å². The molecule has 1 saturated heterocycles. The van der Waals surface area contributed by atoms with E-state index in [0.717, 1.165) is 41.9 Å². The van der Waals surface area contributed by atoms with E-state index < -0.39 is 0 Å². The van der Waals surface area contributed by atoms with E-state index in [9.17, 15) is 0 Å². The van der Waals surface area contributed by atoms with Gasteiger partial charge in [0, 0.05) is 34.4 Å². The van der Waals surface area contributed by atoms with Gasteiger partial charge >= 0.3 is 0 Å². The molecule has 2 aromatic heterocycles. The van der Waals surface area contributed by atoms with Crippen molar-refractivity contribution in [2.45, 2.75) is 0 Å². The van der Waals surface area contributed by atoms with Gasteiger partial charge in [-0.05, 0) is 29.8 Å². The molecule has 5 rings (SSSR count). The fourth-order valence-electron chi connectivity index (χ4n) is 3.28. The third-order valence-corrected chi connectivity index (χ3v) is 4.53. The number of hydrogen-bond donors (Lipinski definition) is 2. The summed E-state index contributed by atoms with van der Waals surface area (Å²) < 4.78 is 4.04. The van der Waals surface area contributed by atoms with E-state index >= 15 is 0 Å². The molecule has 0 unspecified atom stereocenters. The lowest BCUT2D eigenvalue weighted by molar-refractivity contribution is -0.504. The number of benzene rings is 2. The summed E-state index contributed by atoms with van der Waals surface area (Å²) in [6, 6.07) is 14.7. The molecule has 2 aromatic carbocycles. The molecular formula is C18H17N6+. The molecule has 1 aliphatic rings. The molecule has 4 aromatic rings. The van der Waals surface area contributed by atoms with E-state index in [1.807, 2.05) is 17.1 Å². The molecule has 6 nitrogen and oxygen atoms in total. The molecular weight excluding hydrogens is 300 g/mol. The standard InChI is InChI=1S/C18H17N6/c1-2-4-16-14(3-1)15(10-20-16)13-5-6-18-17(9-13)21-22-24(18)12-23-8-7-19-11-23/h1-6,9-10,12,19-20H,7-8,11H2/q+1. The quantitative estimate of drug-likeness (QED) is 0.439. The molecule has 24 heavy (non-hydrogen) atoms. The van der Waals surface area contributed by atoms with Gasteiger partial charge in [-0.3, -0.25) is 9.89 Å². The maximum atomic E-state index is 4.34. The van der Waals surface area contributed by atoms with Crippen LogP contribution < -0.4 is 5.32 Å². The minimum Gasteiger partial charge on any atom is -0.361 e. The fraction of sp³-hybridized carbons (Fsp3) is 0.167. The molecule has 2 N–H and O–H groups in total. The van der Waals surface area contributed by atoms with Crippen LogP contribution >= 0.6 is 0 Å². The first-order valence-corrected chi connectivity index (χ1v) is 8.10. The number of fused-ring (bicyclic) bond motifs is 2. The molecule has 0 radical (unpaired) electrons. The van der Waals surface area contributed by atoms with Gasteiger partial charge in [0.1, 0.15) is 12.2 Å². The summed E-state index contributed by atoms with van der Waals surface area (Å²) in [7, 11) is 0. The molecule has 6 heteroatoms. The SMILES string of the molecule is C(/n1nnc2cc(-c3c[nH]c4ccccc34)ccc21)=[N+]1/CCNC1. The van der Waals surface area contributed by atoms with E-state index in [-0.39, 0.29) is 0 Å². The summed E-state index contributed by atoms with van der Waals surface area (Å²) in [5.74, 6) is 0. The number of rotatable bonds is 2. The van der Waals surface area contributed by atoms with Gasteiger partial charge in [0.05, 0.1) is 6.54 Å². The summed E-state index contributed by atoms with van der Waals surface area (Å²) in [5, 5.41) is 13.1. The van der Waals surface area contributed by atoms with Crippen LogP contribution in [0, 0.1) is 0 Å². The summed E-state index contributed by atoms with van der Waals surface area (Å²) in [6.45, 7) is 2.86. The Labute approximate surface area is 138 Å². The van der Waals surface area contributed by atoms with Gasteiger partial charge in [0.15, 0.2) is 5.52 Å². The average Bonchev–Trinajstić information content (AvgIpc) is 3.35. The van der Waals surface area contributed by atoms with Crippen molar-refractivity contribution >= 4 is 28.3 Å². The summed E-state index contributed by atoms with van der Waals surface area (Å²) in [5.41, 5.74) is 5.41. The zero-order valence-electron chi connectivity index (χ0n) is 13.1. The van der Waals surface area contributed by atoms with E-state index in [0.29, 0.717) is 0 Å². The van der Waals surface area contributed by atoms with Crippen molar-refractivity contribution in [1.82, 2.24) is 25.3 Å². The predicted molar refractivity (Wildman–Crippen MR) is 94.3 cm³/mol. The average molecular weight is 317 g/mol. The fourth-order valence-corrected chi connectivity index (χ4v) is 3.28. The molecule has 3 heterocycles. The number of aromatic amines is 1. The van der Waals surface area contributed by atoms with Crippen molar-refractivity contribution in [3.05, 3.63) is 48.7 Å². The van der Waals surface area contributed by atoms with Crippen LogP contribution in [0.15, 0.2) is 48.7 Å². The maximum Gasteiger partial charge on any atom is 0.268 e. The second-order valence-corrected chi connectivity index (χ2v) is 6.07. The normalized spacial score (nSPS) is 16.6. The van der Waals surface area contributed by atoms with Crippen LogP contribution in [0.2, 0.25) is 0 Å². The van der Waals surface area contributed by atoms with Crippen molar-refractivity contribution in [2.75, 3.05) is 19.8 Å². The predicted octanol–water partition coefficient (Wildman–Crippen LogP) is 2.03. The van der Waals surface area contributed by atoms with Gasteiger partial charge in [-0.2, -0.15) is 0 Å². The molecule has 1 aliphatic heterocycles. The first kappa shape index (κ1) is 13.4. The van der Waals surface area contributed by atoms with Gasteiger partial charge in [-0.15, -0.1) is 5.10 Å². The van der Waals surface area contributed by atoms with Crippen LogP contribution in [0.4, 0.5) is 0 Å². The minimum atomic E-state index is 0.856. The Morgan fingerprint density at radius 1 is 1.17 bits per heavy atom. The Kier molecular flexibility index (Phi) is 2.96. The lowest BCUT2D eigenvalue weighted by Crippen LogP contribution is -2.16. The minimum absolute atomic E-state index is 0.856. The first-order valence-electron chi connectivity index (χ1n) is 8.10. The highest BCUT2D eigenvalue weighted by Crippen LogP contribution is 2.30. The number of nitrogens with one attached hydrogen (secondary N) is 2. The van der Waals surface area contributed by atoms with Crippen LogP contribution in [0.5, 0.6) is 0 Å². The van der Waals surface area contributed by atoms with Gasteiger partial charge in [0.2, 0.25) is 0 Å². The Bertz CT molecular complexity index is 1060. The topological polar surface area (TPSA) is 61.5 Å². The molecule has 0 spiro atoms. The number of nitrogens with zero attached hydrogens (tertiary/aromatic N) is 4. The second-order valence-electron chi connectivity index (χ2n) is 6.07. The Morgan fingerprint density at radius 3 is 3.04 bits per heavy atom. The largest absolute Gasteiger partial charge is 0.361 e.